The van der Waals surface area contributed by atoms with E-state index < -0.39 is 5.54 Å². The van der Waals surface area contributed by atoms with Crippen molar-refractivity contribution in [2.24, 2.45) is 0 Å². The largest absolute Gasteiger partial charge is 0.325 e. The average molecular weight is 246 g/mol. The lowest BCUT2D eigenvalue weighted by Gasteiger charge is -2.22. The quantitative estimate of drug-likeness (QED) is 0.831. The first kappa shape index (κ1) is 12.6. The molecule has 4 heteroatoms. The van der Waals surface area contributed by atoms with Crippen molar-refractivity contribution in [1.29, 1.82) is 0 Å². The maximum atomic E-state index is 12.4. The number of nitrogens with one attached hydrogen (secondary N) is 1. The van der Waals surface area contributed by atoms with E-state index >= 15 is 0 Å². The SMILES string of the molecule is CCCN1C(=O)NC(C)(c2ccc(C)cc2)C1=O. The van der Waals surface area contributed by atoms with Crippen LogP contribution in [0.25, 0.3) is 0 Å². The summed E-state index contributed by atoms with van der Waals surface area (Å²) < 4.78 is 0. The van der Waals surface area contributed by atoms with Gasteiger partial charge >= 0.3 is 6.03 Å². The van der Waals surface area contributed by atoms with Gasteiger partial charge in [0.1, 0.15) is 5.54 Å². The van der Waals surface area contributed by atoms with Gasteiger partial charge in [0.25, 0.3) is 5.91 Å². The summed E-state index contributed by atoms with van der Waals surface area (Å²) >= 11 is 0. The lowest BCUT2D eigenvalue weighted by atomic mass is 9.91. The van der Waals surface area contributed by atoms with Gasteiger partial charge in [-0.25, -0.2) is 4.79 Å². The van der Waals surface area contributed by atoms with E-state index in [1.54, 1.807) is 6.92 Å². The summed E-state index contributed by atoms with van der Waals surface area (Å²) in [6.07, 6.45) is 0.767. The van der Waals surface area contributed by atoms with Crippen LogP contribution in [0.3, 0.4) is 0 Å². The number of carbonyl (C=O) groups excluding carboxylic acids is 2. The Labute approximate surface area is 107 Å². The third-order valence-electron chi connectivity index (χ3n) is 3.35. The molecule has 1 aromatic carbocycles. The molecule has 18 heavy (non-hydrogen) atoms. The standard InChI is InChI=1S/C14H18N2O2/c1-4-9-16-12(17)14(3,15-13(16)18)11-7-5-10(2)6-8-11/h5-8H,4,9H2,1-3H3,(H,15,18). The van der Waals surface area contributed by atoms with Crippen LogP contribution in [-0.4, -0.2) is 23.4 Å². The monoisotopic (exact) mass is 246 g/mol. The van der Waals surface area contributed by atoms with Crippen LogP contribution in [0.1, 0.15) is 31.4 Å². The molecule has 1 atom stereocenters. The Morgan fingerprint density at radius 1 is 1.22 bits per heavy atom. The fourth-order valence-electron chi connectivity index (χ4n) is 2.21. The van der Waals surface area contributed by atoms with Gasteiger partial charge in [0.05, 0.1) is 0 Å². The van der Waals surface area contributed by atoms with E-state index in [1.807, 2.05) is 38.1 Å². The normalized spacial score (nSPS) is 23.4. The van der Waals surface area contributed by atoms with Gasteiger partial charge in [0, 0.05) is 6.54 Å². The molecule has 0 bridgehead atoms. The molecule has 0 aliphatic carbocycles. The van der Waals surface area contributed by atoms with Gasteiger partial charge in [-0.1, -0.05) is 36.8 Å². The Hall–Kier alpha value is -1.84. The fraction of sp³-hybridized carbons (Fsp3) is 0.429. The predicted octanol–water partition coefficient (Wildman–Crippen LogP) is 2.17. The number of amides is 3. The van der Waals surface area contributed by atoms with Crippen molar-refractivity contribution >= 4 is 11.9 Å². The highest BCUT2D eigenvalue weighted by atomic mass is 16.2. The molecule has 1 N–H and O–H groups in total. The number of benzene rings is 1. The lowest BCUT2D eigenvalue weighted by molar-refractivity contribution is -0.131. The number of hydrogen-bond donors (Lipinski definition) is 1. The van der Waals surface area contributed by atoms with Gasteiger partial charge in [-0.3, -0.25) is 9.69 Å². The fourth-order valence-corrected chi connectivity index (χ4v) is 2.21. The van der Waals surface area contributed by atoms with E-state index in [9.17, 15) is 9.59 Å². The Bertz CT molecular complexity index is 481. The third kappa shape index (κ3) is 1.88. The highest BCUT2D eigenvalue weighted by molar-refractivity contribution is 6.07. The molecule has 1 aliphatic heterocycles. The Morgan fingerprint density at radius 2 is 1.83 bits per heavy atom. The highest BCUT2D eigenvalue weighted by Gasteiger charge is 2.48. The van der Waals surface area contributed by atoms with Gasteiger partial charge in [0.15, 0.2) is 0 Å². The maximum absolute atomic E-state index is 12.4. The van der Waals surface area contributed by atoms with Crippen LogP contribution < -0.4 is 5.32 Å². The maximum Gasteiger partial charge on any atom is 0.325 e. The van der Waals surface area contributed by atoms with E-state index in [4.69, 9.17) is 0 Å². The van der Waals surface area contributed by atoms with Gasteiger partial charge in [-0.2, -0.15) is 0 Å². The first-order chi connectivity index (χ1) is 8.49. The van der Waals surface area contributed by atoms with Crippen LogP contribution in [0.2, 0.25) is 0 Å². The number of hydrogen-bond acceptors (Lipinski definition) is 2. The molecule has 4 nitrogen and oxygen atoms in total. The first-order valence-electron chi connectivity index (χ1n) is 6.20. The minimum absolute atomic E-state index is 0.168. The Balaban J connectivity index is 2.35. The first-order valence-corrected chi connectivity index (χ1v) is 6.20. The summed E-state index contributed by atoms with van der Waals surface area (Å²) in [6.45, 7) is 6.16. The van der Waals surface area contributed by atoms with Crippen molar-refractivity contribution in [3.8, 4) is 0 Å². The molecule has 1 saturated heterocycles. The number of urea groups is 1. The second kappa shape index (κ2) is 4.44. The number of nitrogens with zero attached hydrogens (tertiary/aromatic N) is 1. The molecule has 0 spiro atoms. The Kier molecular flexibility index (Phi) is 3.11. The van der Waals surface area contributed by atoms with Gasteiger partial charge < -0.3 is 5.32 Å². The zero-order valence-corrected chi connectivity index (χ0v) is 11.0. The summed E-state index contributed by atoms with van der Waals surface area (Å²) in [4.78, 5) is 25.5. The molecular formula is C14H18N2O2. The molecular weight excluding hydrogens is 228 g/mol. The highest BCUT2D eigenvalue weighted by Crippen LogP contribution is 2.28. The van der Waals surface area contributed by atoms with Crippen LogP contribution in [0.15, 0.2) is 24.3 Å². The summed E-state index contributed by atoms with van der Waals surface area (Å²) in [7, 11) is 0. The lowest BCUT2D eigenvalue weighted by Crippen LogP contribution is -2.40. The van der Waals surface area contributed by atoms with E-state index in [0.717, 1.165) is 17.5 Å². The van der Waals surface area contributed by atoms with Crippen molar-refractivity contribution in [3.05, 3.63) is 35.4 Å². The van der Waals surface area contributed by atoms with Crippen molar-refractivity contribution in [2.45, 2.75) is 32.7 Å². The molecule has 1 unspecified atom stereocenters. The molecule has 0 radical (unpaired) electrons. The van der Waals surface area contributed by atoms with E-state index in [1.165, 1.54) is 4.90 Å². The minimum atomic E-state index is -0.931. The molecule has 0 aromatic heterocycles. The number of rotatable bonds is 3. The van der Waals surface area contributed by atoms with Crippen molar-refractivity contribution in [3.63, 3.8) is 0 Å². The van der Waals surface area contributed by atoms with E-state index in [0.29, 0.717) is 6.54 Å². The zero-order chi connectivity index (χ0) is 13.3. The van der Waals surface area contributed by atoms with Gasteiger partial charge in [0.2, 0.25) is 0 Å². The number of aryl methyl sites for hydroxylation is 1. The van der Waals surface area contributed by atoms with E-state index in [2.05, 4.69) is 5.32 Å². The van der Waals surface area contributed by atoms with Crippen LogP contribution >= 0.6 is 0 Å². The molecule has 96 valence electrons. The van der Waals surface area contributed by atoms with Crippen molar-refractivity contribution < 1.29 is 9.59 Å². The topological polar surface area (TPSA) is 49.4 Å². The predicted molar refractivity (Wildman–Crippen MR) is 69.1 cm³/mol. The van der Waals surface area contributed by atoms with Gasteiger partial charge in [-0.05, 0) is 25.8 Å². The molecule has 0 saturated carbocycles. The number of carbonyl (C=O) groups is 2. The summed E-state index contributed by atoms with van der Waals surface area (Å²) in [5.41, 5.74) is 1.02. The smallest absolute Gasteiger partial charge is 0.319 e. The average Bonchev–Trinajstić information content (AvgIpc) is 2.55. The molecule has 3 amide bonds. The van der Waals surface area contributed by atoms with E-state index in [-0.39, 0.29) is 11.9 Å². The van der Waals surface area contributed by atoms with Crippen LogP contribution in [-0.2, 0) is 10.3 Å². The number of imide groups is 1. The second-order valence-electron chi connectivity index (χ2n) is 4.88. The summed E-state index contributed by atoms with van der Waals surface area (Å²) in [6, 6.07) is 7.38. The minimum Gasteiger partial charge on any atom is -0.319 e. The molecule has 1 aliphatic rings. The second-order valence-corrected chi connectivity index (χ2v) is 4.88. The van der Waals surface area contributed by atoms with Gasteiger partial charge in [-0.15, -0.1) is 0 Å². The molecule has 1 fully saturated rings. The van der Waals surface area contributed by atoms with Crippen LogP contribution in [0.5, 0.6) is 0 Å². The van der Waals surface area contributed by atoms with Crippen LogP contribution in [0, 0.1) is 6.92 Å². The van der Waals surface area contributed by atoms with Crippen LogP contribution in [0.4, 0.5) is 4.79 Å². The van der Waals surface area contributed by atoms with Crippen molar-refractivity contribution in [1.82, 2.24) is 10.2 Å². The molecule has 1 heterocycles. The Morgan fingerprint density at radius 3 is 2.39 bits per heavy atom. The third-order valence-corrected chi connectivity index (χ3v) is 3.35. The molecule has 1 aromatic rings. The molecule has 2 rings (SSSR count). The van der Waals surface area contributed by atoms with Crippen molar-refractivity contribution in [2.75, 3.05) is 6.54 Å². The summed E-state index contributed by atoms with van der Waals surface area (Å²) in [5.74, 6) is -0.168. The zero-order valence-electron chi connectivity index (χ0n) is 11.0. The summed E-state index contributed by atoms with van der Waals surface area (Å²) in [5, 5.41) is 2.79.